The fraction of sp³-hybridized carbons (Fsp3) is 0.316. The minimum Gasteiger partial charge on any atom is -0.454 e. The van der Waals surface area contributed by atoms with Crippen molar-refractivity contribution in [1.29, 1.82) is 0 Å². The first-order valence-corrected chi connectivity index (χ1v) is 8.62. The van der Waals surface area contributed by atoms with Gasteiger partial charge in [-0.15, -0.1) is 10.2 Å². The topological polar surface area (TPSA) is 77.8 Å². The molecule has 26 heavy (non-hydrogen) atoms. The molecule has 4 rings (SSSR count). The number of hydrogen-bond donors (Lipinski definition) is 1. The molecule has 0 aliphatic carbocycles. The summed E-state index contributed by atoms with van der Waals surface area (Å²) in [6.07, 6.45) is 2.66. The molecule has 0 spiro atoms. The highest BCUT2D eigenvalue weighted by Gasteiger charge is 2.23. The molecule has 0 bridgehead atoms. The molecule has 0 fully saturated rings. The zero-order chi connectivity index (χ0) is 18.1. The molecule has 1 amide bonds. The van der Waals surface area contributed by atoms with Crippen molar-refractivity contribution < 1.29 is 14.3 Å². The van der Waals surface area contributed by atoms with Crippen molar-refractivity contribution in [2.75, 3.05) is 6.79 Å². The SMILES string of the molecule is CC(C)C[C@H](NC(=O)c1ccc2c(c1)OCO2)c1nnc2ccccn12. The van der Waals surface area contributed by atoms with Gasteiger partial charge < -0.3 is 14.8 Å². The summed E-state index contributed by atoms with van der Waals surface area (Å²) in [5.41, 5.74) is 1.28. The average molecular weight is 352 g/mol. The fourth-order valence-corrected chi connectivity index (χ4v) is 3.08. The molecule has 134 valence electrons. The molecule has 7 nitrogen and oxygen atoms in total. The van der Waals surface area contributed by atoms with Gasteiger partial charge in [0, 0.05) is 11.8 Å². The highest BCUT2D eigenvalue weighted by Crippen LogP contribution is 2.32. The standard InChI is InChI=1S/C19H20N4O3/c1-12(2)9-14(18-22-21-17-5-3-4-8-23(17)18)20-19(24)13-6-7-15-16(10-13)26-11-25-15/h3-8,10,12,14H,9,11H2,1-2H3,(H,20,24)/t14-/m0/s1. The number of fused-ring (bicyclic) bond motifs is 2. The van der Waals surface area contributed by atoms with Gasteiger partial charge in [-0.2, -0.15) is 0 Å². The Bertz CT molecular complexity index is 951. The number of carbonyl (C=O) groups excluding carboxylic acids is 1. The van der Waals surface area contributed by atoms with Gasteiger partial charge in [0.25, 0.3) is 5.91 Å². The van der Waals surface area contributed by atoms with Gasteiger partial charge in [-0.3, -0.25) is 9.20 Å². The Morgan fingerprint density at radius 1 is 1.19 bits per heavy atom. The van der Waals surface area contributed by atoms with Crippen molar-refractivity contribution in [2.45, 2.75) is 26.3 Å². The van der Waals surface area contributed by atoms with Crippen LogP contribution in [0.4, 0.5) is 0 Å². The Labute approximate surface area is 151 Å². The van der Waals surface area contributed by atoms with Gasteiger partial charge in [0.2, 0.25) is 6.79 Å². The highest BCUT2D eigenvalue weighted by atomic mass is 16.7. The second-order valence-corrected chi connectivity index (χ2v) is 6.71. The molecule has 0 saturated heterocycles. The molecule has 0 radical (unpaired) electrons. The van der Waals surface area contributed by atoms with Crippen LogP contribution in [0.25, 0.3) is 5.65 Å². The van der Waals surface area contributed by atoms with Crippen molar-refractivity contribution in [3.8, 4) is 11.5 Å². The maximum Gasteiger partial charge on any atom is 0.252 e. The first kappa shape index (κ1) is 16.4. The molecule has 0 saturated carbocycles. The monoisotopic (exact) mass is 352 g/mol. The summed E-state index contributed by atoms with van der Waals surface area (Å²) in [6, 6.07) is 10.7. The number of benzene rings is 1. The predicted octanol–water partition coefficient (Wildman–Crippen LogP) is 2.98. The van der Waals surface area contributed by atoms with E-state index in [4.69, 9.17) is 9.47 Å². The van der Waals surface area contributed by atoms with Crippen LogP contribution in [-0.4, -0.2) is 27.3 Å². The molecule has 3 heterocycles. The Balaban J connectivity index is 1.62. The number of rotatable bonds is 5. The Kier molecular flexibility index (Phi) is 4.20. The van der Waals surface area contributed by atoms with E-state index < -0.39 is 0 Å². The van der Waals surface area contributed by atoms with Gasteiger partial charge in [-0.1, -0.05) is 19.9 Å². The first-order chi connectivity index (χ1) is 12.6. The van der Waals surface area contributed by atoms with E-state index in [0.717, 1.165) is 17.9 Å². The van der Waals surface area contributed by atoms with Crippen LogP contribution in [0, 0.1) is 5.92 Å². The molecule has 1 N–H and O–H groups in total. The van der Waals surface area contributed by atoms with Gasteiger partial charge in [-0.05, 0) is 42.7 Å². The van der Waals surface area contributed by atoms with Crippen molar-refractivity contribution >= 4 is 11.6 Å². The van der Waals surface area contributed by atoms with Crippen LogP contribution in [0.2, 0.25) is 0 Å². The lowest BCUT2D eigenvalue weighted by Gasteiger charge is -2.19. The lowest BCUT2D eigenvalue weighted by Crippen LogP contribution is -2.30. The third-order valence-corrected chi connectivity index (χ3v) is 4.30. The fourth-order valence-electron chi connectivity index (χ4n) is 3.08. The van der Waals surface area contributed by atoms with Crippen LogP contribution in [-0.2, 0) is 0 Å². The molecule has 1 atom stereocenters. The number of amides is 1. The van der Waals surface area contributed by atoms with Crippen LogP contribution >= 0.6 is 0 Å². The molecule has 7 heteroatoms. The van der Waals surface area contributed by atoms with E-state index in [1.165, 1.54) is 0 Å². The number of aromatic nitrogens is 3. The number of nitrogens with one attached hydrogen (secondary N) is 1. The van der Waals surface area contributed by atoms with E-state index in [1.54, 1.807) is 18.2 Å². The summed E-state index contributed by atoms with van der Waals surface area (Å²) in [5, 5.41) is 11.6. The molecule has 2 aromatic heterocycles. The third kappa shape index (κ3) is 3.08. The zero-order valence-electron chi connectivity index (χ0n) is 14.7. The lowest BCUT2D eigenvalue weighted by atomic mass is 10.0. The number of nitrogens with zero attached hydrogens (tertiary/aromatic N) is 3. The maximum absolute atomic E-state index is 12.8. The summed E-state index contributed by atoms with van der Waals surface area (Å²) >= 11 is 0. The van der Waals surface area contributed by atoms with Crippen molar-refractivity contribution in [3.05, 3.63) is 54.0 Å². The van der Waals surface area contributed by atoms with E-state index in [1.807, 2.05) is 28.8 Å². The van der Waals surface area contributed by atoms with Gasteiger partial charge >= 0.3 is 0 Å². The van der Waals surface area contributed by atoms with Gasteiger partial charge in [-0.25, -0.2) is 0 Å². The van der Waals surface area contributed by atoms with E-state index >= 15 is 0 Å². The van der Waals surface area contributed by atoms with Crippen molar-refractivity contribution in [1.82, 2.24) is 19.9 Å². The molecular formula is C19H20N4O3. The van der Waals surface area contributed by atoms with Crippen LogP contribution in [0.3, 0.4) is 0 Å². The summed E-state index contributed by atoms with van der Waals surface area (Å²) in [4.78, 5) is 12.8. The molecule has 1 aliphatic heterocycles. The van der Waals surface area contributed by atoms with Crippen LogP contribution in [0.5, 0.6) is 11.5 Å². The van der Waals surface area contributed by atoms with Crippen LogP contribution < -0.4 is 14.8 Å². The van der Waals surface area contributed by atoms with E-state index in [0.29, 0.717) is 23.0 Å². The van der Waals surface area contributed by atoms with E-state index in [9.17, 15) is 4.79 Å². The molecule has 0 unspecified atom stereocenters. The van der Waals surface area contributed by atoms with E-state index in [-0.39, 0.29) is 18.7 Å². The highest BCUT2D eigenvalue weighted by molar-refractivity contribution is 5.95. The van der Waals surface area contributed by atoms with E-state index in [2.05, 4.69) is 29.4 Å². The molecule has 1 aromatic carbocycles. The maximum atomic E-state index is 12.8. The first-order valence-electron chi connectivity index (χ1n) is 8.62. The number of ether oxygens (including phenoxy) is 2. The minimum atomic E-state index is -0.245. The Hall–Kier alpha value is -3.09. The smallest absolute Gasteiger partial charge is 0.252 e. The number of hydrogen-bond acceptors (Lipinski definition) is 5. The summed E-state index contributed by atoms with van der Waals surface area (Å²) in [5.74, 6) is 2.17. The third-order valence-electron chi connectivity index (χ3n) is 4.30. The lowest BCUT2D eigenvalue weighted by molar-refractivity contribution is 0.0929. The molecule has 1 aliphatic rings. The second-order valence-electron chi connectivity index (χ2n) is 6.71. The van der Waals surface area contributed by atoms with Crippen molar-refractivity contribution in [3.63, 3.8) is 0 Å². The summed E-state index contributed by atoms with van der Waals surface area (Å²) in [6.45, 7) is 4.41. The van der Waals surface area contributed by atoms with Gasteiger partial charge in [0.1, 0.15) is 0 Å². The normalized spacial score (nSPS) is 14.0. The zero-order valence-corrected chi connectivity index (χ0v) is 14.7. The van der Waals surface area contributed by atoms with Crippen LogP contribution in [0.1, 0.15) is 42.5 Å². The van der Waals surface area contributed by atoms with Crippen molar-refractivity contribution in [2.24, 2.45) is 5.92 Å². The average Bonchev–Trinajstić information content (AvgIpc) is 3.26. The summed E-state index contributed by atoms with van der Waals surface area (Å²) in [7, 11) is 0. The number of carbonyl (C=O) groups is 1. The van der Waals surface area contributed by atoms with Gasteiger partial charge in [0.15, 0.2) is 23.0 Å². The Morgan fingerprint density at radius 2 is 2.04 bits per heavy atom. The predicted molar refractivity (Wildman–Crippen MR) is 95.2 cm³/mol. The number of pyridine rings is 1. The summed E-state index contributed by atoms with van der Waals surface area (Å²) < 4.78 is 12.6. The quantitative estimate of drug-likeness (QED) is 0.764. The minimum absolute atomic E-state index is 0.179. The second kappa shape index (κ2) is 6.67. The Morgan fingerprint density at radius 3 is 2.88 bits per heavy atom. The largest absolute Gasteiger partial charge is 0.454 e. The van der Waals surface area contributed by atoms with Gasteiger partial charge in [0.05, 0.1) is 6.04 Å². The molecule has 3 aromatic rings. The molecular weight excluding hydrogens is 332 g/mol. The van der Waals surface area contributed by atoms with Crippen LogP contribution in [0.15, 0.2) is 42.6 Å².